The van der Waals surface area contributed by atoms with Crippen LogP contribution >= 0.6 is 0 Å². The highest BCUT2D eigenvalue weighted by Gasteiger charge is 2.47. The highest BCUT2D eigenvalue weighted by molar-refractivity contribution is 6.08. The Bertz CT molecular complexity index is 557. The van der Waals surface area contributed by atoms with E-state index in [0.717, 1.165) is 0 Å². The maximum absolute atomic E-state index is 11.9. The first-order valence-electron chi connectivity index (χ1n) is 7.26. The second-order valence-corrected chi connectivity index (χ2v) is 5.35. The zero-order chi connectivity index (χ0) is 16.0. The lowest BCUT2D eigenvalue weighted by Gasteiger charge is -2.35. The van der Waals surface area contributed by atoms with Crippen LogP contribution in [0, 0.1) is 18.3 Å². The van der Waals surface area contributed by atoms with E-state index in [1.165, 1.54) is 6.26 Å². The highest BCUT2D eigenvalue weighted by Crippen LogP contribution is 2.33. The molecule has 1 unspecified atom stereocenters. The molecule has 1 aromatic rings. The number of hydrogen-bond donors (Lipinski definition) is 1. The summed E-state index contributed by atoms with van der Waals surface area (Å²) < 4.78 is 4.50. The summed E-state index contributed by atoms with van der Waals surface area (Å²) in [5.74, 6) is -0.000509. The molecule has 116 valence electrons. The number of hydrogen-bond acceptors (Lipinski definition) is 4. The monoisotopic (exact) mass is 293 g/mol. The van der Waals surface area contributed by atoms with Gasteiger partial charge in [0, 0.05) is 18.0 Å². The number of carbonyl (C=O) groups excluding carboxylic acids is 2. The second kappa shape index (κ2) is 7.20. The molecule has 0 radical (unpaired) electrons. The molecule has 1 fully saturated rings. The van der Waals surface area contributed by atoms with Crippen LogP contribution in [0.1, 0.15) is 39.2 Å². The van der Waals surface area contributed by atoms with Crippen LogP contribution in [0.3, 0.4) is 0 Å². The smallest absolute Gasteiger partial charge is 0.338 e. The van der Waals surface area contributed by atoms with E-state index in [1.807, 2.05) is 20.8 Å². The van der Waals surface area contributed by atoms with Crippen molar-refractivity contribution >= 4 is 11.7 Å². The SMILES string of the molecule is CCC1(CC)C(=O)NCC(C)C1=O.Cc1cccoc1=O. The summed E-state index contributed by atoms with van der Waals surface area (Å²) in [4.78, 5) is 33.9. The van der Waals surface area contributed by atoms with E-state index in [1.54, 1.807) is 19.1 Å². The van der Waals surface area contributed by atoms with Gasteiger partial charge in [-0.15, -0.1) is 0 Å². The van der Waals surface area contributed by atoms with Crippen LogP contribution in [-0.2, 0) is 9.59 Å². The van der Waals surface area contributed by atoms with Gasteiger partial charge >= 0.3 is 5.63 Å². The van der Waals surface area contributed by atoms with E-state index in [2.05, 4.69) is 9.73 Å². The van der Waals surface area contributed by atoms with Crippen molar-refractivity contribution in [3.05, 3.63) is 34.4 Å². The largest absolute Gasteiger partial charge is 0.431 e. The molecule has 0 saturated carbocycles. The highest BCUT2D eigenvalue weighted by atomic mass is 16.4. The van der Waals surface area contributed by atoms with Crippen LogP contribution in [0.4, 0.5) is 0 Å². The first kappa shape index (κ1) is 17.1. The Morgan fingerprint density at radius 3 is 2.29 bits per heavy atom. The lowest BCUT2D eigenvalue weighted by Crippen LogP contribution is -2.55. The molecule has 0 aliphatic carbocycles. The van der Waals surface area contributed by atoms with Gasteiger partial charge in [-0.1, -0.05) is 20.8 Å². The fraction of sp³-hybridized carbons (Fsp3) is 0.562. The fourth-order valence-corrected chi connectivity index (χ4v) is 2.46. The molecule has 1 aliphatic heterocycles. The lowest BCUT2D eigenvalue weighted by atomic mass is 9.71. The third-order valence-corrected chi connectivity index (χ3v) is 4.05. The molecule has 5 heteroatoms. The Labute approximate surface area is 124 Å². The Balaban J connectivity index is 0.000000235. The zero-order valence-corrected chi connectivity index (χ0v) is 13.1. The molecule has 1 amide bonds. The van der Waals surface area contributed by atoms with Crippen molar-refractivity contribution in [2.75, 3.05) is 6.54 Å². The molecule has 1 saturated heterocycles. The van der Waals surface area contributed by atoms with Crippen molar-refractivity contribution in [2.45, 2.75) is 40.5 Å². The van der Waals surface area contributed by atoms with Gasteiger partial charge < -0.3 is 9.73 Å². The number of carbonyl (C=O) groups is 2. The van der Waals surface area contributed by atoms with Crippen molar-refractivity contribution in [1.82, 2.24) is 5.32 Å². The summed E-state index contributed by atoms with van der Waals surface area (Å²) in [6.07, 6.45) is 2.59. The molecule has 0 aromatic carbocycles. The van der Waals surface area contributed by atoms with Crippen LogP contribution in [0.5, 0.6) is 0 Å². The number of aryl methyl sites for hydroxylation is 1. The summed E-state index contributed by atoms with van der Waals surface area (Å²) in [6, 6.07) is 3.41. The molecule has 1 aliphatic rings. The maximum atomic E-state index is 11.9. The van der Waals surface area contributed by atoms with Gasteiger partial charge in [0.15, 0.2) is 5.78 Å². The predicted molar refractivity (Wildman–Crippen MR) is 79.9 cm³/mol. The van der Waals surface area contributed by atoms with Crippen LogP contribution < -0.4 is 10.9 Å². The average molecular weight is 293 g/mol. The molecule has 0 spiro atoms. The van der Waals surface area contributed by atoms with Crippen LogP contribution in [0.25, 0.3) is 0 Å². The Morgan fingerprint density at radius 2 is 1.90 bits per heavy atom. The fourth-order valence-electron chi connectivity index (χ4n) is 2.46. The van der Waals surface area contributed by atoms with E-state index >= 15 is 0 Å². The summed E-state index contributed by atoms with van der Waals surface area (Å²) >= 11 is 0. The molecule has 2 heterocycles. The minimum Gasteiger partial charge on any atom is -0.431 e. The molecule has 5 nitrogen and oxygen atoms in total. The third kappa shape index (κ3) is 3.60. The van der Waals surface area contributed by atoms with Gasteiger partial charge in [0.25, 0.3) is 0 Å². The number of amides is 1. The van der Waals surface area contributed by atoms with Crippen molar-refractivity contribution in [1.29, 1.82) is 0 Å². The van der Waals surface area contributed by atoms with Gasteiger partial charge in [-0.3, -0.25) is 9.59 Å². The van der Waals surface area contributed by atoms with Crippen LogP contribution in [0.15, 0.2) is 27.6 Å². The quantitative estimate of drug-likeness (QED) is 0.847. The minimum atomic E-state index is -0.738. The normalized spacial score (nSPS) is 20.3. The molecule has 1 N–H and O–H groups in total. The first-order chi connectivity index (χ1) is 9.89. The maximum Gasteiger partial charge on any atom is 0.338 e. The minimum absolute atomic E-state index is 0.0300. The lowest BCUT2D eigenvalue weighted by molar-refractivity contribution is -0.148. The van der Waals surface area contributed by atoms with Gasteiger partial charge in [-0.25, -0.2) is 4.79 Å². The summed E-state index contributed by atoms with van der Waals surface area (Å²) in [5.41, 5.74) is -0.350. The number of rotatable bonds is 2. The van der Waals surface area contributed by atoms with E-state index in [0.29, 0.717) is 24.9 Å². The van der Waals surface area contributed by atoms with Crippen molar-refractivity contribution < 1.29 is 14.0 Å². The standard InChI is InChI=1S/C10H17NO2.C6H6O2/c1-4-10(5-2)8(12)7(3)6-11-9(10)13;1-5-3-2-4-8-6(5)7/h7H,4-6H2,1-3H3,(H,11,13);2-4H,1H3. The molecule has 1 atom stereocenters. The summed E-state index contributed by atoms with van der Waals surface area (Å²) in [5, 5.41) is 2.80. The van der Waals surface area contributed by atoms with E-state index in [4.69, 9.17) is 0 Å². The molecule has 21 heavy (non-hydrogen) atoms. The van der Waals surface area contributed by atoms with Gasteiger partial charge in [-0.05, 0) is 31.9 Å². The number of nitrogens with one attached hydrogen (secondary N) is 1. The van der Waals surface area contributed by atoms with Gasteiger partial charge in [-0.2, -0.15) is 0 Å². The summed E-state index contributed by atoms with van der Waals surface area (Å²) in [7, 11) is 0. The van der Waals surface area contributed by atoms with Crippen molar-refractivity contribution in [3.63, 3.8) is 0 Å². The van der Waals surface area contributed by atoms with Gasteiger partial charge in [0.1, 0.15) is 5.41 Å². The van der Waals surface area contributed by atoms with Gasteiger partial charge in [0.2, 0.25) is 5.91 Å². The zero-order valence-electron chi connectivity index (χ0n) is 13.1. The van der Waals surface area contributed by atoms with Crippen LogP contribution in [0.2, 0.25) is 0 Å². The van der Waals surface area contributed by atoms with Gasteiger partial charge in [0.05, 0.1) is 6.26 Å². The molecule has 1 aromatic heterocycles. The van der Waals surface area contributed by atoms with Crippen molar-refractivity contribution in [3.8, 4) is 0 Å². The Hall–Kier alpha value is -1.91. The number of Topliss-reactive ketones (excluding diaryl/α,β-unsaturated/α-hetero) is 1. The molecular formula is C16H23NO4. The van der Waals surface area contributed by atoms with E-state index in [9.17, 15) is 14.4 Å². The Kier molecular flexibility index (Phi) is 5.88. The molecular weight excluding hydrogens is 270 g/mol. The molecule has 2 rings (SSSR count). The number of piperidine rings is 1. The first-order valence-corrected chi connectivity index (χ1v) is 7.26. The topological polar surface area (TPSA) is 76.4 Å². The third-order valence-electron chi connectivity index (χ3n) is 4.05. The Morgan fingerprint density at radius 1 is 1.29 bits per heavy atom. The summed E-state index contributed by atoms with van der Waals surface area (Å²) in [6.45, 7) is 7.89. The number of ketones is 1. The second-order valence-electron chi connectivity index (χ2n) is 5.35. The van der Waals surface area contributed by atoms with Crippen molar-refractivity contribution in [2.24, 2.45) is 11.3 Å². The van der Waals surface area contributed by atoms with E-state index < -0.39 is 5.41 Å². The predicted octanol–water partition coefficient (Wildman–Crippen LogP) is 2.08. The van der Waals surface area contributed by atoms with E-state index in [-0.39, 0.29) is 23.2 Å². The van der Waals surface area contributed by atoms with Crippen LogP contribution in [-0.4, -0.2) is 18.2 Å². The average Bonchev–Trinajstić information content (AvgIpc) is 2.49. The molecule has 0 bridgehead atoms.